The number of hydrogen-bond donors (Lipinski definition) is 1. The van der Waals surface area contributed by atoms with Gasteiger partial charge < -0.3 is 10.1 Å². The van der Waals surface area contributed by atoms with Crippen LogP contribution in [0.3, 0.4) is 0 Å². The molecule has 0 fully saturated rings. The van der Waals surface area contributed by atoms with Crippen molar-refractivity contribution in [3.8, 4) is 0 Å². The monoisotopic (exact) mass is 467 g/mol. The highest BCUT2D eigenvalue weighted by molar-refractivity contribution is 6.30. The van der Waals surface area contributed by atoms with E-state index in [4.69, 9.17) is 16.3 Å². The fourth-order valence-electron chi connectivity index (χ4n) is 4.63. The van der Waals surface area contributed by atoms with Crippen LogP contribution < -0.4 is 5.32 Å². The van der Waals surface area contributed by atoms with E-state index in [0.29, 0.717) is 34.7 Å². The largest absolute Gasteiger partial charge is 0.459 e. The first-order valence-corrected chi connectivity index (χ1v) is 11.6. The normalized spacial score (nSPS) is 21.4. The molecule has 0 spiro atoms. The zero-order valence-electron chi connectivity index (χ0n) is 19.0. The number of dihydropyridines is 1. The van der Waals surface area contributed by atoms with Crippen LogP contribution >= 0.6 is 11.6 Å². The number of allylic oxidation sites excluding steroid dienone is 3. The quantitative estimate of drug-likeness (QED) is 0.533. The Morgan fingerprint density at radius 2 is 1.88 bits per heavy atom. The number of carbonyl (C=O) groups is 2. The second-order valence-electron chi connectivity index (χ2n) is 8.71. The van der Waals surface area contributed by atoms with Gasteiger partial charge >= 0.3 is 5.97 Å². The van der Waals surface area contributed by atoms with E-state index in [1.54, 1.807) is 25.1 Å². The lowest BCUT2D eigenvalue weighted by Gasteiger charge is -2.37. The highest BCUT2D eigenvalue weighted by Crippen LogP contribution is 2.46. The number of halogens is 2. The minimum absolute atomic E-state index is 0.0243. The molecule has 4 nitrogen and oxygen atoms in total. The van der Waals surface area contributed by atoms with Crippen molar-refractivity contribution in [2.75, 3.05) is 0 Å². The van der Waals surface area contributed by atoms with Crippen molar-refractivity contribution in [1.82, 2.24) is 5.32 Å². The molecule has 1 heterocycles. The molecule has 0 bridgehead atoms. The standard InChI is InChI=1S/C27H27ClFNO3/c1-4-15(2)33-27(32)24-16(3)30-22-13-18(17-9-11-19(28)12-10-17)14-23(31)26(22)25(24)20-7-5-6-8-21(20)29/h5-12,15,18,25,30H,4,13-14H2,1-3H3/t15-,18-,25-/m0/s1. The second-order valence-corrected chi connectivity index (χ2v) is 9.15. The maximum Gasteiger partial charge on any atom is 0.337 e. The van der Waals surface area contributed by atoms with Gasteiger partial charge in [0.15, 0.2) is 5.78 Å². The smallest absolute Gasteiger partial charge is 0.337 e. The van der Waals surface area contributed by atoms with Gasteiger partial charge in [0.05, 0.1) is 17.6 Å². The topological polar surface area (TPSA) is 55.4 Å². The molecule has 2 aromatic rings. The minimum Gasteiger partial charge on any atom is -0.459 e. The molecule has 3 atom stereocenters. The van der Waals surface area contributed by atoms with Crippen molar-refractivity contribution in [2.24, 2.45) is 0 Å². The lowest BCUT2D eigenvalue weighted by atomic mass is 9.71. The van der Waals surface area contributed by atoms with Gasteiger partial charge in [-0.25, -0.2) is 9.18 Å². The molecular weight excluding hydrogens is 441 g/mol. The maximum absolute atomic E-state index is 15.0. The van der Waals surface area contributed by atoms with Gasteiger partial charge in [-0.15, -0.1) is 0 Å². The number of ether oxygens (including phenoxy) is 1. The van der Waals surface area contributed by atoms with E-state index in [9.17, 15) is 14.0 Å². The van der Waals surface area contributed by atoms with Gasteiger partial charge in [0, 0.05) is 34.0 Å². The van der Waals surface area contributed by atoms with Crippen molar-refractivity contribution in [3.63, 3.8) is 0 Å². The Bertz CT molecular complexity index is 1150. The average Bonchev–Trinajstić information content (AvgIpc) is 2.78. The van der Waals surface area contributed by atoms with E-state index in [0.717, 1.165) is 11.3 Å². The molecule has 6 heteroatoms. The highest BCUT2D eigenvalue weighted by Gasteiger charge is 2.42. The summed E-state index contributed by atoms with van der Waals surface area (Å²) in [5, 5.41) is 3.93. The molecule has 1 N–H and O–H groups in total. The van der Waals surface area contributed by atoms with Crippen LogP contribution in [0.5, 0.6) is 0 Å². The Morgan fingerprint density at radius 3 is 2.55 bits per heavy atom. The third-order valence-electron chi connectivity index (χ3n) is 6.49. The lowest BCUT2D eigenvalue weighted by Crippen LogP contribution is -2.36. The number of rotatable bonds is 5. The van der Waals surface area contributed by atoms with E-state index in [-0.39, 0.29) is 29.8 Å². The molecule has 0 amide bonds. The lowest BCUT2D eigenvalue weighted by molar-refractivity contribution is -0.144. The molecule has 0 saturated carbocycles. The van der Waals surface area contributed by atoms with Gasteiger partial charge in [0.1, 0.15) is 5.82 Å². The van der Waals surface area contributed by atoms with E-state index in [1.165, 1.54) is 6.07 Å². The summed E-state index contributed by atoms with van der Waals surface area (Å²) < 4.78 is 20.6. The van der Waals surface area contributed by atoms with Crippen LogP contribution in [0, 0.1) is 5.82 Å². The number of carbonyl (C=O) groups excluding carboxylic acids is 2. The molecule has 0 unspecified atom stereocenters. The number of Topliss-reactive ketones (excluding diaryl/α,β-unsaturated/α-hetero) is 1. The fourth-order valence-corrected chi connectivity index (χ4v) is 4.76. The zero-order chi connectivity index (χ0) is 23.7. The summed E-state index contributed by atoms with van der Waals surface area (Å²) in [7, 11) is 0. The van der Waals surface area contributed by atoms with Crippen LogP contribution in [0.4, 0.5) is 4.39 Å². The van der Waals surface area contributed by atoms with Crippen molar-refractivity contribution < 1.29 is 18.7 Å². The summed E-state index contributed by atoms with van der Waals surface area (Å²) in [5.74, 6) is -1.91. The Morgan fingerprint density at radius 1 is 1.18 bits per heavy atom. The maximum atomic E-state index is 15.0. The average molecular weight is 468 g/mol. The second kappa shape index (κ2) is 9.52. The third-order valence-corrected chi connectivity index (χ3v) is 6.74. The molecule has 172 valence electrons. The van der Waals surface area contributed by atoms with Crippen LogP contribution in [-0.2, 0) is 14.3 Å². The molecule has 2 aromatic carbocycles. The summed E-state index contributed by atoms with van der Waals surface area (Å²) in [6.45, 7) is 5.52. The summed E-state index contributed by atoms with van der Waals surface area (Å²) in [6.07, 6.45) is 1.23. The summed E-state index contributed by atoms with van der Waals surface area (Å²) >= 11 is 6.03. The van der Waals surface area contributed by atoms with Crippen molar-refractivity contribution in [3.05, 3.63) is 93.0 Å². The predicted octanol–water partition coefficient (Wildman–Crippen LogP) is 6.18. The number of benzene rings is 2. The number of ketones is 1. The number of hydrogen-bond acceptors (Lipinski definition) is 4. The van der Waals surface area contributed by atoms with Crippen molar-refractivity contribution in [2.45, 2.75) is 58.0 Å². The summed E-state index contributed by atoms with van der Waals surface area (Å²) in [4.78, 5) is 26.7. The summed E-state index contributed by atoms with van der Waals surface area (Å²) in [5.41, 5.74) is 3.38. The molecule has 0 radical (unpaired) electrons. The molecule has 1 aliphatic heterocycles. The molecule has 2 aliphatic rings. The van der Waals surface area contributed by atoms with Crippen LogP contribution in [0.15, 0.2) is 71.1 Å². The van der Waals surface area contributed by atoms with Gasteiger partial charge in [0.25, 0.3) is 0 Å². The predicted molar refractivity (Wildman–Crippen MR) is 126 cm³/mol. The first-order chi connectivity index (χ1) is 15.8. The van der Waals surface area contributed by atoms with Crippen molar-refractivity contribution in [1.29, 1.82) is 0 Å². The molecule has 0 aromatic heterocycles. The van der Waals surface area contributed by atoms with E-state index >= 15 is 0 Å². The molecule has 1 aliphatic carbocycles. The third kappa shape index (κ3) is 4.60. The Labute approximate surface area is 198 Å². The Balaban J connectivity index is 1.79. The molecule has 4 rings (SSSR count). The Kier molecular flexibility index (Phi) is 6.71. The first kappa shape index (κ1) is 23.2. The number of nitrogens with one attached hydrogen (secondary N) is 1. The zero-order valence-corrected chi connectivity index (χ0v) is 19.7. The van der Waals surface area contributed by atoms with Gasteiger partial charge in [-0.3, -0.25) is 4.79 Å². The van der Waals surface area contributed by atoms with Gasteiger partial charge in [-0.1, -0.05) is 48.9 Å². The SMILES string of the molecule is CC[C@H](C)OC(=O)C1=C(C)NC2=C(C(=O)C[C@@H](c3ccc(Cl)cc3)C2)[C@H]1c1ccccc1F. The molecule has 33 heavy (non-hydrogen) atoms. The Hall–Kier alpha value is -2.92. The van der Waals surface area contributed by atoms with E-state index in [1.807, 2.05) is 38.1 Å². The number of esters is 1. The van der Waals surface area contributed by atoms with Crippen LogP contribution in [0.1, 0.15) is 63.0 Å². The highest BCUT2D eigenvalue weighted by atomic mass is 35.5. The van der Waals surface area contributed by atoms with Gasteiger partial charge in [-0.2, -0.15) is 0 Å². The summed E-state index contributed by atoms with van der Waals surface area (Å²) in [6, 6.07) is 13.8. The first-order valence-electron chi connectivity index (χ1n) is 11.2. The van der Waals surface area contributed by atoms with E-state index in [2.05, 4.69) is 5.32 Å². The van der Waals surface area contributed by atoms with Crippen LogP contribution in [0.25, 0.3) is 0 Å². The van der Waals surface area contributed by atoms with Crippen LogP contribution in [0.2, 0.25) is 5.02 Å². The van der Waals surface area contributed by atoms with Gasteiger partial charge in [-0.05, 0) is 56.4 Å². The van der Waals surface area contributed by atoms with Crippen LogP contribution in [-0.4, -0.2) is 17.9 Å². The van der Waals surface area contributed by atoms with E-state index < -0.39 is 17.7 Å². The molecular formula is C27H27ClFNO3. The molecule has 0 saturated heterocycles. The fraction of sp³-hybridized carbons (Fsp3) is 0.333. The van der Waals surface area contributed by atoms with Crippen molar-refractivity contribution >= 4 is 23.4 Å². The minimum atomic E-state index is -0.808. The van der Waals surface area contributed by atoms with Gasteiger partial charge in [0.2, 0.25) is 0 Å².